The molecule has 3 N–H and O–H groups in total. The number of carboxylic acid groups (broad SMARTS) is 1. The molecule has 1 fully saturated rings. The highest BCUT2D eigenvalue weighted by Crippen LogP contribution is 2.52. The van der Waals surface area contributed by atoms with Gasteiger partial charge in [-0.25, -0.2) is 28.2 Å². The summed E-state index contributed by atoms with van der Waals surface area (Å²) in [7, 11) is 0.277. The lowest BCUT2D eigenvalue weighted by Gasteiger charge is -2.16. The first-order valence-corrected chi connectivity index (χ1v) is 12.7. The number of benzene rings is 1. The molecular weight excluding hydrogens is 470 g/mol. The van der Waals surface area contributed by atoms with E-state index in [1.807, 2.05) is 11.6 Å². The number of nitrogens with zero attached hydrogens (tertiary/aromatic N) is 5. The summed E-state index contributed by atoms with van der Waals surface area (Å²) in [5.74, 6) is -0.859. The van der Waals surface area contributed by atoms with Crippen LogP contribution in [0.2, 0.25) is 0 Å². The van der Waals surface area contributed by atoms with Crippen LogP contribution in [-0.2, 0) is 21.6 Å². The minimum atomic E-state index is -3.23. The van der Waals surface area contributed by atoms with E-state index < -0.39 is 20.6 Å². The molecule has 180 valence electrons. The Bertz CT molecular complexity index is 1580. The molecule has 0 atom stereocenters. The maximum absolute atomic E-state index is 12.2. The lowest BCUT2D eigenvalue weighted by Crippen LogP contribution is -2.19. The molecule has 0 spiro atoms. The summed E-state index contributed by atoms with van der Waals surface area (Å²) >= 11 is 0. The standard InChI is InChI=1S/C23H23N7O4S/c1-24-20-18(15-10-25-11-16-17(15)26-12-30(16)2)28-19(22(31)32)21(29-20)27-14-6-4-13(5-7-14)23(8-9-23)35(3,33)34/h4-7,10-12H,8-9H2,1-3H3,(H,31,32)(H2,24,27,29). The summed E-state index contributed by atoms with van der Waals surface area (Å²) in [5.41, 5.74) is 3.26. The van der Waals surface area contributed by atoms with Crippen LogP contribution in [-0.4, -0.2) is 57.3 Å². The molecule has 12 heteroatoms. The second-order valence-electron chi connectivity index (χ2n) is 8.55. The van der Waals surface area contributed by atoms with E-state index in [-0.39, 0.29) is 11.5 Å². The zero-order valence-electron chi connectivity index (χ0n) is 19.3. The molecule has 4 aromatic rings. The van der Waals surface area contributed by atoms with Crippen molar-refractivity contribution in [3.05, 3.63) is 54.2 Å². The van der Waals surface area contributed by atoms with Crippen LogP contribution in [0, 0.1) is 0 Å². The predicted octanol–water partition coefficient (Wildman–Crippen LogP) is 2.94. The Morgan fingerprint density at radius 2 is 1.83 bits per heavy atom. The zero-order chi connectivity index (χ0) is 25.0. The number of aryl methyl sites for hydroxylation is 1. The number of nitrogens with one attached hydrogen (secondary N) is 2. The molecule has 5 rings (SSSR count). The summed E-state index contributed by atoms with van der Waals surface area (Å²) in [6, 6.07) is 6.90. The van der Waals surface area contributed by atoms with Crippen molar-refractivity contribution in [3.8, 4) is 11.3 Å². The first kappa shape index (κ1) is 22.7. The molecule has 1 aliphatic carbocycles. The number of hydrogen-bond acceptors (Lipinski definition) is 9. The highest BCUT2D eigenvalue weighted by molar-refractivity contribution is 7.92. The van der Waals surface area contributed by atoms with E-state index in [1.165, 1.54) is 6.26 Å². The van der Waals surface area contributed by atoms with Gasteiger partial charge in [-0.3, -0.25) is 4.98 Å². The van der Waals surface area contributed by atoms with E-state index in [4.69, 9.17) is 0 Å². The van der Waals surface area contributed by atoms with Gasteiger partial charge in [-0.05, 0) is 30.5 Å². The number of aromatic carboxylic acids is 1. The molecule has 1 aromatic carbocycles. The van der Waals surface area contributed by atoms with Gasteiger partial charge in [-0.15, -0.1) is 0 Å². The lowest BCUT2D eigenvalue weighted by molar-refractivity contribution is 0.0691. The molecule has 3 aromatic heterocycles. The van der Waals surface area contributed by atoms with E-state index in [0.717, 1.165) is 11.1 Å². The number of carboxylic acids is 1. The average Bonchev–Trinajstić information content (AvgIpc) is 3.57. The van der Waals surface area contributed by atoms with Gasteiger partial charge in [0.25, 0.3) is 0 Å². The van der Waals surface area contributed by atoms with E-state index in [9.17, 15) is 18.3 Å². The molecular formula is C23H23N7O4S. The highest BCUT2D eigenvalue weighted by Gasteiger charge is 2.53. The van der Waals surface area contributed by atoms with Crippen molar-refractivity contribution in [3.63, 3.8) is 0 Å². The van der Waals surface area contributed by atoms with Gasteiger partial charge >= 0.3 is 5.97 Å². The first-order chi connectivity index (χ1) is 16.6. The second kappa shape index (κ2) is 8.01. The smallest absolute Gasteiger partial charge is 0.358 e. The molecule has 11 nitrogen and oxygen atoms in total. The predicted molar refractivity (Wildman–Crippen MR) is 132 cm³/mol. The largest absolute Gasteiger partial charge is 0.476 e. The van der Waals surface area contributed by atoms with Crippen molar-refractivity contribution >= 4 is 44.2 Å². The Morgan fingerprint density at radius 3 is 2.43 bits per heavy atom. The number of fused-ring (bicyclic) bond motifs is 1. The average molecular weight is 494 g/mol. The summed E-state index contributed by atoms with van der Waals surface area (Å²) < 4.78 is 25.4. The fourth-order valence-corrected chi connectivity index (χ4v) is 5.64. The molecule has 1 saturated carbocycles. The van der Waals surface area contributed by atoms with Crippen LogP contribution in [0.3, 0.4) is 0 Å². The van der Waals surface area contributed by atoms with E-state index in [1.54, 1.807) is 50.0 Å². The Hall–Kier alpha value is -4.06. The molecule has 0 saturated heterocycles. The fraction of sp³-hybridized carbons (Fsp3) is 0.261. The third-order valence-electron chi connectivity index (χ3n) is 6.32. The number of anilines is 3. The van der Waals surface area contributed by atoms with Gasteiger partial charge in [0.2, 0.25) is 0 Å². The maximum Gasteiger partial charge on any atom is 0.358 e. The first-order valence-electron chi connectivity index (χ1n) is 10.8. The van der Waals surface area contributed by atoms with Crippen LogP contribution in [0.1, 0.15) is 28.9 Å². The molecule has 35 heavy (non-hydrogen) atoms. The zero-order valence-corrected chi connectivity index (χ0v) is 20.1. The number of aromatic nitrogens is 5. The fourth-order valence-electron chi connectivity index (χ4n) is 4.23. The van der Waals surface area contributed by atoms with Crippen LogP contribution in [0.25, 0.3) is 22.3 Å². The molecule has 0 amide bonds. The lowest BCUT2D eigenvalue weighted by atomic mass is 10.1. The van der Waals surface area contributed by atoms with Crippen LogP contribution >= 0.6 is 0 Å². The number of carbonyl (C=O) groups is 1. The van der Waals surface area contributed by atoms with Crippen molar-refractivity contribution in [1.82, 2.24) is 24.5 Å². The number of imidazole rings is 1. The third kappa shape index (κ3) is 3.75. The number of sulfone groups is 1. The molecule has 1 aliphatic rings. The quantitative estimate of drug-likeness (QED) is 0.350. The SMILES string of the molecule is CNc1nc(Nc2ccc(C3(S(C)(=O)=O)CC3)cc2)c(C(=O)O)nc1-c1cncc2c1ncn2C. The van der Waals surface area contributed by atoms with E-state index in [0.29, 0.717) is 41.1 Å². The maximum atomic E-state index is 12.2. The van der Waals surface area contributed by atoms with E-state index >= 15 is 0 Å². The number of hydrogen-bond donors (Lipinski definition) is 3. The molecule has 0 aliphatic heterocycles. The minimum Gasteiger partial charge on any atom is -0.476 e. The third-order valence-corrected chi connectivity index (χ3v) is 8.38. The highest BCUT2D eigenvalue weighted by atomic mass is 32.2. The molecule has 0 unspecified atom stereocenters. The van der Waals surface area contributed by atoms with Gasteiger partial charge in [0.1, 0.15) is 11.2 Å². The van der Waals surface area contributed by atoms with Gasteiger partial charge in [0.15, 0.2) is 27.2 Å². The van der Waals surface area contributed by atoms with Gasteiger partial charge in [-0.1, -0.05) is 12.1 Å². The Balaban J connectivity index is 1.55. The minimum absolute atomic E-state index is 0.0451. The molecule has 0 bridgehead atoms. The van der Waals surface area contributed by atoms with Crippen LogP contribution in [0.15, 0.2) is 43.0 Å². The van der Waals surface area contributed by atoms with Crippen LogP contribution in [0.5, 0.6) is 0 Å². The van der Waals surface area contributed by atoms with E-state index in [2.05, 4.69) is 30.6 Å². The Kier molecular flexibility index (Phi) is 5.20. The molecule has 3 heterocycles. The molecule has 0 radical (unpaired) electrons. The van der Waals surface area contributed by atoms with Crippen molar-refractivity contribution in [1.29, 1.82) is 0 Å². The summed E-state index contributed by atoms with van der Waals surface area (Å²) in [6.45, 7) is 0. The topological polar surface area (TPSA) is 152 Å². The normalized spacial score (nSPS) is 14.6. The van der Waals surface area contributed by atoms with Crippen molar-refractivity contribution in [2.24, 2.45) is 7.05 Å². The van der Waals surface area contributed by atoms with Crippen molar-refractivity contribution < 1.29 is 18.3 Å². The van der Waals surface area contributed by atoms with Crippen molar-refractivity contribution in [2.45, 2.75) is 17.6 Å². The summed E-state index contributed by atoms with van der Waals surface area (Å²) in [4.78, 5) is 29.7. The van der Waals surface area contributed by atoms with Gasteiger partial charge in [-0.2, -0.15) is 0 Å². The van der Waals surface area contributed by atoms with Gasteiger partial charge in [0, 0.05) is 32.2 Å². The Morgan fingerprint density at radius 1 is 1.11 bits per heavy atom. The Labute approximate surface area is 201 Å². The van der Waals surface area contributed by atoms with Crippen LogP contribution in [0.4, 0.5) is 17.3 Å². The van der Waals surface area contributed by atoms with Gasteiger partial charge in [0.05, 0.1) is 28.4 Å². The number of pyridine rings is 1. The summed E-state index contributed by atoms with van der Waals surface area (Å²) in [5, 5.41) is 15.9. The number of rotatable bonds is 7. The van der Waals surface area contributed by atoms with Crippen LogP contribution < -0.4 is 10.6 Å². The van der Waals surface area contributed by atoms with Gasteiger partial charge < -0.3 is 20.3 Å². The summed E-state index contributed by atoms with van der Waals surface area (Å²) in [6.07, 6.45) is 7.34. The monoisotopic (exact) mass is 493 g/mol. The van der Waals surface area contributed by atoms with Crippen molar-refractivity contribution in [2.75, 3.05) is 23.9 Å². The second-order valence-corrected chi connectivity index (χ2v) is 10.9.